The van der Waals surface area contributed by atoms with Gasteiger partial charge in [0.05, 0.1) is 22.3 Å². The number of hydrogen-bond acceptors (Lipinski definition) is 2. The van der Waals surface area contributed by atoms with Gasteiger partial charge in [-0.1, -0.05) is 48.5 Å². The van der Waals surface area contributed by atoms with Gasteiger partial charge >= 0.3 is 12.4 Å². The highest BCUT2D eigenvalue weighted by atomic mass is 19.4. The van der Waals surface area contributed by atoms with E-state index in [1.165, 1.54) is 11.6 Å². The molecule has 3 atom stereocenters. The first-order chi connectivity index (χ1) is 21.9. The number of aryl methyl sites for hydroxylation is 1. The SMILES string of the molecule is C=C1C2C(CCc3c(ccc(C(F)(F)F)c3C(F)(F)F)-c3c(-c4ccccc4)c(C)cc[n+]31)c1cccc3c1C1N(C=CN21)CC3. The Morgan fingerprint density at radius 2 is 1.63 bits per heavy atom. The maximum atomic E-state index is 15.0. The average molecular weight is 631 g/mol. The molecule has 46 heavy (non-hydrogen) atoms. The molecular weight excluding hydrogens is 600 g/mol. The molecule has 4 aromatic rings. The van der Waals surface area contributed by atoms with Crippen LogP contribution in [0.3, 0.4) is 0 Å². The van der Waals surface area contributed by atoms with Crippen LogP contribution >= 0.6 is 0 Å². The molecule has 4 aliphatic heterocycles. The molecule has 0 fully saturated rings. The quantitative estimate of drug-likeness (QED) is 0.154. The summed E-state index contributed by atoms with van der Waals surface area (Å²) >= 11 is 0. The third-order valence-corrected chi connectivity index (χ3v) is 10.2. The first-order valence-corrected chi connectivity index (χ1v) is 15.4. The van der Waals surface area contributed by atoms with Crippen molar-refractivity contribution in [2.75, 3.05) is 6.54 Å². The first kappa shape index (κ1) is 28.9. The number of fused-ring (bicyclic) bond motifs is 6. The predicted molar refractivity (Wildman–Crippen MR) is 163 cm³/mol. The molecule has 0 aliphatic carbocycles. The second-order valence-corrected chi connectivity index (χ2v) is 12.6. The highest BCUT2D eigenvalue weighted by Gasteiger charge is 2.52. The van der Waals surface area contributed by atoms with Crippen LogP contribution in [0.2, 0.25) is 0 Å². The van der Waals surface area contributed by atoms with Crippen molar-refractivity contribution in [3.63, 3.8) is 0 Å². The molecule has 9 heteroatoms. The molecule has 0 N–H and O–H groups in total. The second-order valence-electron chi connectivity index (χ2n) is 12.6. The van der Waals surface area contributed by atoms with Crippen LogP contribution in [0.25, 0.3) is 28.1 Å². The van der Waals surface area contributed by atoms with Crippen LogP contribution in [0.1, 0.15) is 57.4 Å². The molecule has 234 valence electrons. The van der Waals surface area contributed by atoms with Gasteiger partial charge < -0.3 is 9.80 Å². The predicted octanol–water partition coefficient (Wildman–Crippen LogP) is 8.88. The number of rotatable bonds is 1. The van der Waals surface area contributed by atoms with E-state index in [0.29, 0.717) is 23.0 Å². The highest BCUT2D eigenvalue weighted by Crippen LogP contribution is 2.53. The average Bonchev–Trinajstić information content (AvgIpc) is 3.47. The summed E-state index contributed by atoms with van der Waals surface area (Å²) in [7, 11) is 0. The van der Waals surface area contributed by atoms with Gasteiger partial charge in [-0.05, 0) is 72.7 Å². The molecule has 0 spiro atoms. The van der Waals surface area contributed by atoms with E-state index in [4.69, 9.17) is 0 Å². The Kier molecular flexibility index (Phi) is 6.27. The maximum Gasteiger partial charge on any atom is 0.417 e. The first-order valence-electron chi connectivity index (χ1n) is 15.4. The zero-order valence-electron chi connectivity index (χ0n) is 25.0. The Labute approximate surface area is 262 Å². The van der Waals surface area contributed by atoms with E-state index in [9.17, 15) is 26.3 Å². The van der Waals surface area contributed by atoms with Gasteiger partial charge in [0.2, 0.25) is 11.4 Å². The Morgan fingerprint density at radius 3 is 2.37 bits per heavy atom. The lowest BCUT2D eigenvalue weighted by Gasteiger charge is -2.48. The number of benzene rings is 3. The number of alkyl halides is 6. The number of pyridine rings is 1. The Hall–Kier alpha value is -4.53. The van der Waals surface area contributed by atoms with Crippen LogP contribution < -0.4 is 4.57 Å². The standard InChI is InChI=1S/C37H30F6N3/c1-21-15-18-45-22(2)33-27(25-10-6-9-24-16-17-44-19-20-46(33)35(44)31(24)25)12-11-26-28(34(45)30(21)23-7-4-3-5-8-23)13-14-29(36(38,39)40)32(26)37(41,42)43/h3-10,13-15,18-20,27,33,35H,2,11-12,16-17H2,1H3/q+1. The number of halogens is 6. The van der Waals surface area contributed by atoms with Crippen LogP contribution in [-0.4, -0.2) is 22.4 Å². The lowest BCUT2D eigenvalue weighted by atomic mass is 9.75. The summed E-state index contributed by atoms with van der Waals surface area (Å²) in [6, 6.07) is 18.8. The van der Waals surface area contributed by atoms with Gasteiger partial charge in [-0.15, -0.1) is 0 Å². The summed E-state index contributed by atoms with van der Waals surface area (Å²) in [5.74, 6) is -0.315. The molecule has 3 unspecified atom stereocenters. The summed E-state index contributed by atoms with van der Waals surface area (Å²) in [6.45, 7) is 7.32. The van der Waals surface area contributed by atoms with E-state index in [-0.39, 0.29) is 42.1 Å². The van der Waals surface area contributed by atoms with Gasteiger partial charge in [0.1, 0.15) is 12.2 Å². The third kappa shape index (κ3) is 4.16. The van der Waals surface area contributed by atoms with Crippen molar-refractivity contribution in [1.29, 1.82) is 0 Å². The largest absolute Gasteiger partial charge is 0.417 e. The van der Waals surface area contributed by atoms with Gasteiger partial charge in [-0.2, -0.15) is 30.9 Å². The number of nitrogens with zero attached hydrogens (tertiary/aromatic N) is 3. The zero-order chi connectivity index (χ0) is 32.1. The van der Waals surface area contributed by atoms with Crippen molar-refractivity contribution in [3.8, 4) is 22.4 Å². The molecule has 0 amide bonds. The van der Waals surface area contributed by atoms with Crippen molar-refractivity contribution in [2.24, 2.45) is 0 Å². The molecule has 3 nitrogen and oxygen atoms in total. The third-order valence-electron chi connectivity index (χ3n) is 10.2. The molecule has 4 aliphatic rings. The normalized spacial score (nSPS) is 21.5. The monoisotopic (exact) mass is 630 g/mol. The highest BCUT2D eigenvalue weighted by molar-refractivity contribution is 5.84. The van der Waals surface area contributed by atoms with E-state index in [2.05, 4.69) is 28.6 Å². The van der Waals surface area contributed by atoms with E-state index in [1.54, 1.807) is 6.20 Å². The summed E-state index contributed by atoms with van der Waals surface area (Å²) in [6.07, 6.45) is -3.73. The minimum Gasteiger partial charge on any atom is -0.352 e. The summed E-state index contributed by atoms with van der Waals surface area (Å²) in [5, 5.41) is 0. The van der Waals surface area contributed by atoms with E-state index in [0.717, 1.165) is 35.2 Å². The van der Waals surface area contributed by atoms with Crippen LogP contribution in [0.5, 0.6) is 0 Å². The molecule has 1 aromatic heterocycles. The zero-order valence-corrected chi connectivity index (χ0v) is 25.0. The Morgan fingerprint density at radius 1 is 0.848 bits per heavy atom. The second kappa shape index (κ2) is 9.98. The van der Waals surface area contributed by atoms with Crippen molar-refractivity contribution in [1.82, 2.24) is 9.80 Å². The van der Waals surface area contributed by atoms with Crippen molar-refractivity contribution in [2.45, 2.75) is 56.7 Å². The summed E-state index contributed by atoms with van der Waals surface area (Å²) in [5.41, 5.74) is 3.18. The molecule has 0 radical (unpaired) electrons. The fourth-order valence-electron chi connectivity index (χ4n) is 8.34. The van der Waals surface area contributed by atoms with Gasteiger partial charge in [-0.3, -0.25) is 0 Å². The molecular formula is C37H30F6N3+. The minimum atomic E-state index is -5.23. The van der Waals surface area contributed by atoms with Gasteiger partial charge in [0, 0.05) is 36.5 Å². The minimum absolute atomic E-state index is 0.0771. The Bertz CT molecular complexity index is 1940. The fraction of sp³-hybridized carbons (Fsp3) is 0.270. The van der Waals surface area contributed by atoms with Crippen LogP contribution in [0.15, 0.2) is 91.9 Å². The summed E-state index contributed by atoms with van der Waals surface area (Å²) in [4.78, 5) is 4.53. The van der Waals surface area contributed by atoms with E-state index < -0.39 is 23.5 Å². The molecule has 8 rings (SSSR count). The van der Waals surface area contributed by atoms with Gasteiger partial charge in [0.25, 0.3) is 0 Å². The molecule has 0 bridgehead atoms. The van der Waals surface area contributed by atoms with Crippen LogP contribution in [0, 0.1) is 6.92 Å². The van der Waals surface area contributed by atoms with Crippen molar-refractivity contribution in [3.05, 3.63) is 131 Å². The lowest BCUT2D eigenvalue weighted by molar-refractivity contribution is -0.573. The van der Waals surface area contributed by atoms with Crippen molar-refractivity contribution >= 4 is 5.70 Å². The number of hydrogen-bond donors (Lipinski definition) is 0. The smallest absolute Gasteiger partial charge is 0.352 e. The Balaban J connectivity index is 1.48. The van der Waals surface area contributed by atoms with E-state index in [1.807, 2.05) is 66.2 Å². The number of aromatic nitrogens is 1. The van der Waals surface area contributed by atoms with Crippen LogP contribution in [0.4, 0.5) is 26.3 Å². The topological polar surface area (TPSA) is 10.4 Å². The molecule has 0 saturated carbocycles. The van der Waals surface area contributed by atoms with Gasteiger partial charge in [-0.25, -0.2) is 0 Å². The molecule has 0 saturated heterocycles. The van der Waals surface area contributed by atoms with Crippen LogP contribution in [-0.2, 0) is 25.2 Å². The summed E-state index contributed by atoms with van der Waals surface area (Å²) < 4.78 is 89.7. The van der Waals surface area contributed by atoms with Gasteiger partial charge in [0.15, 0.2) is 6.20 Å². The van der Waals surface area contributed by atoms with E-state index >= 15 is 0 Å². The lowest BCUT2D eigenvalue weighted by Crippen LogP contribution is -2.53. The molecule has 3 aromatic carbocycles. The fourth-order valence-corrected chi connectivity index (χ4v) is 8.34. The molecule has 5 heterocycles. The maximum absolute atomic E-state index is 15.0. The van der Waals surface area contributed by atoms with Crippen molar-refractivity contribution < 1.29 is 30.9 Å².